The van der Waals surface area contributed by atoms with Crippen LogP contribution in [0.4, 0.5) is 17.2 Å². The fourth-order valence-electron chi connectivity index (χ4n) is 1.88. The van der Waals surface area contributed by atoms with Crippen LogP contribution in [0.2, 0.25) is 0 Å². The Hall–Kier alpha value is -2.83. The Morgan fingerprint density at radius 3 is 2.58 bits per heavy atom. The molecule has 0 aliphatic heterocycles. The number of carbonyl (C=O) groups excluding carboxylic acids is 1. The molecule has 0 fully saturated rings. The van der Waals surface area contributed by atoms with Gasteiger partial charge in [-0.3, -0.25) is 0 Å². The van der Waals surface area contributed by atoms with Crippen LogP contribution in [0.3, 0.4) is 0 Å². The van der Waals surface area contributed by atoms with E-state index in [1.165, 1.54) is 6.33 Å². The second kappa shape index (κ2) is 8.14. The third kappa shape index (κ3) is 4.58. The molecule has 0 saturated carbocycles. The summed E-state index contributed by atoms with van der Waals surface area (Å²) in [5, 5.41) is 3.08. The van der Waals surface area contributed by atoms with Gasteiger partial charge in [0.1, 0.15) is 12.0 Å². The van der Waals surface area contributed by atoms with Crippen molar-refractivity contribution in [3.8, 4) is 5.88 Å². The number of nitrogen functional groups attached to an aromatic ring is 1. The molecule has 7 heteroatoms. The largest absolute Gasteiger partial charge is 0.476 e. The highest BCUT2D eigenvalue weighted by Gasteiger charge is 2.11. The summed E-state index contributed by atoms with van der Waals surface area (Å²) < 4.78 is 10.5. The number of ether oxygens (including phenoxy) is 2. The number of benzene rings is 1. The third-order valence-corrected chi connectivity index (χ3v) is 3.06. The molecule has 1 heterocycles. The van der Waals surface area contributed by atoms with Crippen LogP contribution in [-0.2, 0) is 4.74 Å². The first-order valence-corrected chi connectivity index (χ1v) is 7.78. The van der Waals surface area contributed by atoms with E-state index in [0.29, 0.717) is 42.1 Å². The molecule has 0 amide bonds. The summed E-state index contributed by atoms with van der Waals surface area (Å²) in [5.74, 6) is 0.748. The van der Waals surface area contributed by atoms with E-state index in [9.17, 15) is 4.79 Å². The Morgan fingerprint density at radius 1 is 1.25 bits per heavy atom. The molecule has 0 saturated heterocycles. The van der Waals surface area contributed by atoms with Crippen molar-refractivity contribution in [1.29, 1.82) is 0 Å². The normalized spacial score (nSPS) is 10.5. The molecular formula is C17H22N4O3. The number of nitrogens with one attached hydrogen (secondary N) is 1. The fraction of sp³-hybridized carbons (Fsp3) is 0.353. The number of anilines is 3. The molecule has 2 rings (SSSR count). The van der Waals surface area contributed by atoms with Crippen LogP contribution in [0.1, 0.15) is 31.1 Å². The monoisotopic (exact) mass is 330 g/mol. The van der Waals surface area contributed by atoms with Gasteiger partial charge in [-0.25, -0.2) is 9.78 Å². The van der Waals surface area contributed by atoms with Crippen LogP contribution in [0, 0.1) is 5.92 Å². The van der Waals surface area contributed by atoms with Crippen LogP contribution < -0.4 is 15.8 Å². The lowest BCUT2D eigenvalue weighted by Gasteiger charge is -2.11. The Balaban J connectivity index is 2.07. The average Bonchev–Trinajstić information content (AvgIpc) is 2.57. The first-order valence-electron chi connectivity index (χ1n) is 7.78. The van der Waals surface area contributed by atoms with E-state index in [2.05, 4.69) is 15.3 Å². The van der Waals surface area contributed by atoms with Gasteiger partial charge in [0, 0.05) is 5.69 Å². The van der Waals surface area contributed by atoms with Gasteiger partial charge in [-0.05, 0) is 37.1 Å². The van der Waals surface area contributed by atoms with Crippen LogP contribution in [-0.4, -0.2) is 29.2 Å². The lowest BCUT2D eigenvalue weighted by atomic mass is 10.2. The summed E-state index contributed by atoms with van der Waals surface area (Å²) in [6, 6.07) is 6.89. The van der Waals surface area contributed by atoms with Crippen LogP contribution >= 0.6 is 0 Å². The molecule has 128 valence electrons. The molecule has 1 aromatic carbocycles. The molecule has 0 aliphatic carbocycles. The molecule has 0 spiro atoms. The molecule has 3 N–H and O–H groups in total. The van der Waals surface area contributed by atoms with Crippen LogP contribution in [0.25, 0.3) is 0 Å². The molecule has 7 nitrogen and oxygen atoms in total. The fourth-order valence-corrected chi connectivity index (χ4v) is 1.88. The van der Waals surface area contributed by atoms with Gasteiger partial charge in [0.05, 0.1) is 18.8 Å². The summed E-state index contributed by atoms with van der Waals surface area (Å²) in [6.07, 6.45) is 1.38. The number of aromatic nitrogens is 2. The second-order valence-corrected chi connectivity index (χ2v) is 5.57. The predicted octanol–water partition coefficient (Wildman–Crippen LogP) is 3.01. The Bertz CT molecular complexity index is 687. The van der Waals surface area contributed by atoms with Gasteiger partial charge in [-0.15, -0.1) is 0 Å². The minimum absolute atomic E-state index is 0.301. The van der Waals surface area contributed by atoms with Crippen molar-refractivity contribution in [3.63, 3.8) is 0 Å². The minimum Gasteiger partial charge on any atom is -0.476 e. The molecular weight excluding hydrogens is 308 g/mol. The highest BCUT2D eigenvalue weighted by Crippen LogP contribution is 2.27. The van der Waals surface area contributed by atoms with E-state index in [1.807, 2.05) is 20.8 Å². The Labute approximate surface area is 141 Å². The SMILES string of the molecule is CCOc1ncnc(Nc2ccc(C(=O)OCC(C)C)cc2)c1N. The number of nitrogens with two attached hydrogens (primary N) is 1. The summed E-state index contributed by atoms with van der Waals surface area (Å²) in [6.45, 7) is 6.70. The molecule has 24 heavy (non-hydrogen) atoms. The van der Waals surface area contributed by atoms with Crippen LogP contribution in [0.15, 0.2) is 30.6 Å². The van der Waals surface area contributed by atoms with E-state index in [1.54, 1.807) is 24.3 Å². The number of rotatable bonds is 7. The minimum atomic E-state index is -0.338. The molecule has 1 aromatic heterocycles. The van der Waals surface area contributed by atoms with Crippen molar-refractivity contribution >= 4 is 23.2 Å². The van der Waals surface area contributed by atoms with Crippen molar-refractivity contribution in [1.82, 2.24) is 9.97 Å². The highest BCUT2D eigenvalue weighted by atomic mass is 16.5. The van der Waals surface area contributed by atoms with Crippen LogP contribution in [0.5, 0.6) is 5.88 Å². The number of nitrogens with zero attached hydrogens (tertiary/aromatic N) is 2. The molecule has 0 radical (unpaired) electrons. The van der Waals surface area contributed by atoms with Crippen molar-refractivity contribution in [2.45, 2.75) is 20.8 Å². The predicted molar refractivity (Wildman–Crippen MR) is 92.5 cm³/mol. The molecule has 0 bridgehead atoms. The topological polar surface area (TPSA) is 99.4 Å². The maximum Gasteiger partial charge on any atom is 0.338 e. The lowest BCUT2D eigenvalue weighted by Crippen LogP contribution is -2.10. The second-order valence-electron chi connectivity index (χ2n) is 5.57. The summed E-state index contributed by atoms with van der Waals surface area (Å²) in [4.78, 5) is 20.0. The van der Waals surface area contributed by atoms with E-state index in [4.69, 9.17) is 15.2 Å². The number of hydrogen-bond acceptors (Lipinski definition) is 7. The van der Waals surface area contributed by atoms with Crippen molar-refractivity contribution in [3.05, 3.63) is 36.2 Å². The van der Waals surface area contributed by atoms with E-state index in [0.717, 1.165) is 5.69 Å². The van der Waals surface area contributed by atoms with Gasteiger partial charge in [0.15, 0.2) is 5.82 Å². The standard InChI is InChI=1S/C17H22N4O3/c1-4-23-16-14(18)15(19-10-20-16)21-13-7-5-12(6-8-13)17(22)24-9-11(2)3/h5-8,10-11H,4,9,18H2,1-3H3,(H,19,20,21). The zero-order chi connectivity index (χ0) is 17.5. The maximum atomic E-state index is 11.9. The molecule has 0 atom stereocenters. The van der Waals surface area contributed by atoms with Crippen molar-refractivity contribution in [2.75, 3.05) is 24.3 Å². The van der Waals surface area contributed by atoms with E-state index < -0.39 is 0 Å². The smallest absolute Gasteiger partial charge is 0.338 e. The lowest BCUT2D eigenvalue weighted by molar-refractivity contribution is 0.0459. The van der Waals surface area contributed by atoms with Gasteiger partial charge in [0.2, 0.25) is 5.88 Å². The first kappa shape index (κ1) is 17.5. The van der Waals surface area contributed by atoms with Crippen molar-refractivity contribution in [2.24, 2.45) is 5.92 Å². The summed E-state index contributed by atoms with van der Waals surface area (Å²) in [7, 11) is 0. The number of carbonyl (C=O) groups is 1. The quantitative estimate of drug-likeness (QED) is 0.753. The zero-order valence-electron chi connectivity index (χ0n) is 14.1. The first-order chi connectivity index (χ1) is 11.5. The van der Waals surface area contributed by atoms with E-state index >= 15 is 0 Å². The highest BCUT2D eigenvalue weighted by molar-refractivity contribution is 5.90. The average molecular weight is 330 g/mol. The van der Waals surface area contributed by atoms with Gasteiger partial charge in [0.25, 0.3) is 0 Å². The Morgan fingerprint density at radius 2 is 1.96 bits per heavy atom. The Kier molecular flexibility index (Phi) is 5.95. The van der Waals surface area contributed by atoms with Crippen molar-refractivity contribution < 1.29 is 14.3 Å². The number of esters is 1. The number of hydrogen-bond donors (Lipinski definition) is 2. The summed E-state index contributed by atoms with van der Waals surface area (Å²) in [5.41, 5.74) is 7.54. The maximum absolute atomic E-state index is 11.9. The van der Waals surface area contributed by atoms with Gasteiger partial charge in [-0.2, -0.15) is 4.98 Å². The summed E-state index contributed by atoms with van der Waals surface area (Å²) >= 11 is 0. The third-order valence-electron chi connectivity index (χ3n) is 3.06. The molecule has 0 aliphatic rings. The van der Waals surface area contributed by atoms with Gasteiger partial charge in [-0.1, -0.05) is 13.8 Å². The van der Waals surface area contributed by atoms with Gasteiger partial charge >= 0.3 is 5.97 Å². The molecule has 0 unspecified atom stereocenters. The van der Waals surface area contributed by atoms with E-state index in [-0.39, 0.29) is 5.97 Å². The zero-order valence-corrected chi connectivity index (χ0v) is 14.1. The van der Waals surface area contributed by atoms with Gasteiger partial charge < -0.3 is 20.5 Å². The molecule has 2 aromatic rings.